The summed E-state index contributed by atoms with van der Waals surface area (Å²) >= 11 is 0. The van der Waals surface area contributed by atoms with Crippen LogP contribution < -0.4 is 0 Å². The Labute approximate surface area is 150 Å². The van der Waals surface area contributed by atoms with Gasteiger partial charge in [0.2, 0.25) is 0 Å². The summed E-state index contributed by atoms with van der Waals surface area (Å²) in [6.07, 6.45) is 1.76. The lowest BCUT2D eigenvalue weighted by atomic mass is 10.0. The molecule has 1 amide bonds. The van der Waals surface area contributed by atoms with E-state index in [9.17, 15) is 9.90 Å². The number of nitrogens with zero attached hydrogens (tertiary/aromatic N) is 4. The van der Waals surface area contributed by atoms with Crippen molar-refractivity contribution >= 4 is 5.91 Å². The molecule has 8 heteroatoms. The molecule has 0 spiro atoms. The van der Waals surface area contributed by atoms with Gasteiger partial charge in [0.1, 0.15) is 11.4 Å². The van der Waals surface area contributed by atoms with E-state index >= 15 is 0 Å². The Morgan fingerprint density at radius 2 is 2.12 bits per heavy atom. The summed E-state index contributed by atoms with van der Waals surface area (Å²) in [6.45, 7) is 2.74. The lowest BCUT2D eigenvalue weighted by Gasteiger charge is -2.14. The van der Waals surface area contributed by atoms with Crippen LogP contribution in [0.25, 0.3) is 11.4 Å². The number of amides is 1. The first-order chi connectivity index (χ1) is 12.6. The number of carbonyl (C=O) groups is 1. The minimum Gasteiger partial charge on any atom is -0.391 e. The number of aliphatic hydroxyl groups excluding tert-OH is 1. The number of aromatic amines is 2. The van der Waals surface area contributed by atoms with Crippen LogP contribution in [0.15, 0.2) is 36.5 Å². The van der Waals surface area contributed by atoms with Crippen molar-refractivity contribution in [1.29, 1.82) is 0 Å². The van der Waals surface area contributed by atoms with Crippen molar-refractivity contribution in [3.63, 3.8) is 0 Å². The first-order valence-corrected chi connectivity index (χ1v) is 8.55. The van der Waals surface area contributed by atoms with Crippen molar-refractivity contribution in [2.75, 3.05) is 13.1 Å². The zero-order valence-corrected chi connectivity index (χ0v) is 14.4. The van der Waals surface area contributed by atoms with Crippen LogP contribution in [0.5, 0.6) is 0 Å². The van der Waals surface area contributed by atoms with E-state index in [0.29, 0.717) is 36.6 Å². The molecule has 4 heterocycles. The van der Waals surface area contributed by atoms with E-state index in [4.69, 9.17) is 0 Å². The van der Waals surface area contributed by atoms with Crippen LogP contribution >= 0.6 is 0 Å². The number of carbonyl (C=O) groups excluding carboxylic acids is 1. The molecule has 8 nitrogen and oxygen atoms in total. The maximum atomic E-state index is 12.7. The number of aromatic nitrogens is 5. The van der Waals surface area contributed by atoms with Gasteiger partial charge < -0.3 is 10.0 Å². The summed E-state index contributed by atoms with van der Waals surface area (Å²) < 4.78 is 0. The van der Waals surface area contributed by atoms with Crippen LogP contribution in [0.2, 0.25) is 0 Å². The molecule has 0 saturated carbocycles. The topological polar surface area (TPSA) is 111 Å². The minimum atomic E-state index is -0.561. The predicted molar refractivity (Wildman–Crippen MR) is 94.2 cm³/mol. The Morgan fingerprint density at radius 3 is 2.85 bits per heavy atom. The molecule has 3 aromatic heterocycles. The number of aliphatic hydroxyl groups is 1. The molecule has 1 fully saturated rings. The Hall–Kier alpha value is -3.00. The first-order valence-electron chi connectivity index (χ1n) is 8.55. The minimum absolute atomic E-state index is 0.0279. The molecule has 1 aliphatic rings. The van der Waals surface area contributed by atoms with Crippen molar-refractivity contribution in [1.82, 2.24) is 30.3 Å². The molecule has 0 radical (unpaired) electrons. The molecule has 0 aliphatic carbocycles. The molecule has 0 bridgehead atoms. The maximum Gasteiger partial charge on any atom is 0.271 e. The fourth-order valence-electron chi connectivity index (χ4n) is 3.32. The van der Waals surface area contributed by atoms with Crippen molar-refractivity contribution in [3.8, 4) is 11.4 Å². The smallest absolute Gasteiger partial charge is 0.271 e. The average Bonchev–Trinajstić information content (AvgIpc) is 3.37. The van der Waals surface area contributed by atoms with E-state index in [2.05, 4.69) is 25.4 Å². The van der Waals surface area contributed by atoms with E-state index in [1.54, 1.807) is 17.2 Å². The van der Waals surface area contributed by atoms with Crippen LogP contribution in [0.3, 0.4) is 0 Å². The van der Waals surface area contributed by atoms with Gasteiger partial charge in [-0.25, -0.2) is 0 Å². The normalized spacial score (nSPS) is 19.8. The number of pyridine rings is 1. The van der Waals surface area contributed by atoms with Crippen molar-refractivity contribution in [2.24, 2.45) is 5.92 Å². The van der Waals surface area contributed by atoms with Crippen molar-refractivity contribution in [3.05, 3.63) is 53.6 Å². The molecule has 26 heavy (non-hydrogen) atoms. The standard InChI is InChI=1S/C18H20N6O2/c1-11-6-13(21-20-11)7-12-9-24(10-17(12)25)18(26)16-8-15(22-23-16)14-4-2-3-5-19-14/h2-6,8,12,17,25H,7,9-10H2,1H3,(H,20,21)(H,22,23)/t12-,17+/m1/s1. The molecule has 134 valence electrons. The van der Waals surface area contributed by atoms with Gasteiger partial charge >= 0.3 is 0 Å². The Bertz CT molecular complexity index is 903. The number of likely N-dealkylation sites (tertiary alicyclic amines) is 1. The number of aryl methyl sites for hydroxylation is 1. The summed E-state index contributed by atoms with van der Waals surface area (Å²) in [5.41, 5.74) is 3.61. The Morgan fingerprint density at radius 1 is 1.23 bits per heavy atom. The van der Waals surface area contributed by atoms with Crippen molar-refractivity contribution < 1.29 is 9.90 Å². The van der Waals surface area contributed by atoms with E-state index < -0.39 is 6.10 Å². The predicted octanol–water partition coefficient (Wildman–Crippen LogP) is 1.18. The molecule has 3 N–H and O–H groups in total. The van der Waals surface area contributed by atoms with E-state index in [1.807, 2.05) is 31.2 Å². The van der Waals surface area contributed by atoms with Gasteiger partial charge in [-0.3, -0.25) is 20.0 Å². The van der Waals surface area contributed by atoms with E-state index in [-0.39, 0.29) is 11.8 Å². The molecule has 0 unspecified atom stereocenters. The first kappa shape index (κ1) is 16.5. The highest BCUT2D eigenvalue weighted by atomic mass is 16.3. The second-order valence-corrected chi connectivity index (χ2v) is 6.67. The summed E-state index contributed by atoms with van der Waals surface area (Å²) in [4.78, 5) is 18.6. The summed E-state index contributed by atoms with van der Waals surface area (Å²) in [5, 5.41) is 24.4. The summed E-state index contributed by atoms with van der Waals surface area (Å²) in [7, 11) is 0. The number of hydrogen-bond donors (Lipinski definition) is 3. The van der Waals surface area contributed by atoms with Gasteiger partial charge in [-0.15, -0.1) is 0 Å². The molecule has 3 aromatic rings. The quantitative estimate of drug-likeness (QED) is 0.653. The lowest BCUT2D eigenvalue weighted by molar-refractivity contribution is 0.0759. The molecular formula is C18H20N6O2. The third-order valence-corrected chi connectivity index (χ3v) is 4.66. The monoisotopic (exact) mass is 352 g/mol. The molecule has 2 atom stereocenters. The van der Waals surface area contributed by atoms with Gasteiger partial charge in [-0.05, 0) is 37.6 Å². The number of β-amino-alcohol motifs (C(OH)–C–C–N with tert-alkyl or cyclic N) is 1. The fourth-order valence-corrected chi connectivity index (χ4v) is 3.32. The number of H-pyrrole nitrogens is 2. The lowest BCUT2D eigenvalue weighted by Crippen LogP contribution is -2.29. The van der Waals surface area contributed by atoms with Gasteiger partial charge in [0, 0.05) is 30.9 Å². The number of rotatable bonds is 4. The van der Waals surface area contributed by atoms with Crippen LogP contribution in [0.1, 0.15) is 21.9 Å². The van der Waals surface area contributed by atoms with E-state index in [1.165, 1.54) is 0 Å². The zero-order valence-electron chi connectivity index (χ0n) is 14.4. The Balaban J connectivity index is 1.45. The van der Waals surface area contributed by atoms with Crippen LogP contribution in [-0.2, 0) is 6.42 Å². The number of hydrogen-bond acceptors (Lipinski definition) is 5. The van der Waals surface area contributed by atoms with Crippen LogP contribution in [0, 0.1) is 12.8 Å². The summed E-state index contributed by atoms with van der Waals surface area (Å²) in [5.74, 6) is -0.195. The Kier molecular flexibility index (Phi) is 4.26. The highest BCUT2D eigenvalue weighted by molar-refractivity contribution is 5.93. The fraction of sp³-hybridized carbons (Fsp3) is 0.333. The molecule has 0 aromatic carbocycles. The van der Waals surface area contributed by atoms with Crippen molar-refractivity contribution in [2.45, 2.75) is 19.4 Å². The van der Waals surface area contributed by atoms with Gasteiger partial charge in [0.15, 0.2) is 0 Å². The third kappa shape index (κ3) is 3.23. The molecule has 4 rings (SSSR count). The second-order valence-electron chi connectivity index (χ2n) is 6.67. The van der Waals surface area contributed by atoms with Gasteiger partial charge in [-0.2, -0.15) is 10.2 Å². The van der Waals surface area contributed by atoms with E-state index in [0.717, 1.165) is 11.4 Å². The largest absolute Gasteiger partial charge is 0.391 e. The highest BCUT2D eigenvalue weighted by Crippen LogP contribution is 2.23. The second kappa shape index (κ2) is 6.72. The van der Waals surface area contributed by atoms with Gasteiger partial charge in [0.05, 0.1) is 17.5 Å². The molecular weight excluding hydrogens is 332 g/mol. The van der Waals surface area contributed by atoms with Crippen LogP contribution in [-0.4, -0.2) is 60.5 Å². The van der Waals surface area contributed by atoms with Gasteiger partial charge in [0.25, 0.3) is 5.91 Å². The van der Waals surface area contributed by atoms with Crippen LogP contribution in [0.4, 0.5) is 0 Å². The maximum absolute atomic E-state index is 12.7. The SMILES string of the molecule is Cc1cc(C[C@@H]2CN(C(=O)c3cc(-c4ccccn4)n[nH]3)C[C@@H]2O)n[nH]1. The highest BCUT2D eigenvalue weighted by Gasteiger charge is 2.35. The zero-order chi connectivity index (χ0) is 18.1. The molecule has 1 saturated heterocycles. The average molecular weight is 352 g/mol. The number of nitrogens with one attached hydrogen (secondary N) is 2. The summed E-state index contributed by atoms with van der Waals surface area (Å²) in [6, 6.07) is 9.20. The third-order valence-electron chi connectivity index (χ3n) is 4.66. The van der Waals surface area contributed by atoms with Gasteiger partial charge in [-0.1, -0.05) is 6.07 Å². The molecule has 1 aliphatic heterocycles.